The second kappa shape index (κ2) is 5.96. The number of rotatable bonds is 2. The van der Waals surface area contributed by atoms with Crippen molar-refractivity contribution in [3.63, 3.8) is 0 Å². The van der Waals surface area contributed by atoms with E-state index in [0.29, 0.717) is 18.7 Å². The molecule has 0 atom stereocenters. The van der Waals surface area contributed by atoms with Crippen LogP contribution in [-0.2, 0) is 0 Å². The summed E-state index contributed by atoms with van der Waals surface area (Å²) in [7, 11) is 0. The fraction of sp³-hybridized carbons (Fsp3) is 0.235. The predicted octanol–water partition coefficient (Wildman–Crippen LogP) is 2.65. The molecule has 1 aromatic carbocycles. The quantitative estimate of drug-likeness (QED) is 0.727. The number of benzene rings is 1. The average Bonchev–Trinajstić information content (AvgIpc) is 3.06. The standard InChI is InChI=1S/C17H16N4OS/c22-17(13-4-3-7-18-12-13)21-10-8-20(9-11-21)16-14-5-1-2-6-15(14)23-19-16/h1-7,12H,8-11H2. The van der Waals surface area contributed by atoms with Gasteiger partial charge in [0.15, 0.2) is 0 Å². The van der Waals surface area contributed by atoms with Crippen molar-refractivity contribution < 1.29 is 4.79 Å². The van der Waals surface area contributed by atoms with E-state index < -0.39 is 0 Å². The van der Waals surface area contributed by atoms with Gasteiger partial charge in [0.05, 0.1) is 10.3 Å². The predicted molar refractivity (Wildman–Crippen MR) is 92.0 cm³/mol. The lowest BCUT2D eigenvalue weighted by atomic mass is 10.2. The Labute approximate surface area is 138 Å². The molecule has 23 heavy (non-hydrogen) atoms. The third-order valence-corrected chi connectivity index (χ3v) is 4.95. The lowest BCUT2D eigenvalue weighted by molar-refractivity contribution is 0.0746. The number of hydrogen-bond acceptors (Lipinski definition) is 5. The topological polar surface area (TPSA) is 49.3 Å². The minimum Gasteiger partial charge on any atom is -0.352 e. The van der Waals surface area contributed by atoms with Crippen LogP contribution >= 0.6 is 11.5 Å². The van der Waals surface area contributed by atoms with Crippen molar-refractivity contribution in [1.82, 2.24) is 14.3 Å². The molecule has 5 nitrogen and oxygen atoms in total. The smallest absolute Gasteiger partial charge is 0.255 e. The van der Waals surface area contributed by atoms with Crippen molar-refractivity contribution in [2.75, 3.05) is 31.1 Å². The van der Waals surface area contributed by atoms with Gasteiger partial charge in [0, 0.05) is 44.0 Å². The molecule has 0 bridgehead atoms. The van der Waals surface area contributed by atoms with Gasteiger partial charge in [-0.15, -0.1) is 0 Å². The molecule has 1 aliphatic heterocycles. The summed E-state index contributed by atoms with van der Waals surface area (Å²) in [4.78, 5) is 20.6. The molecule has 2 aromatic heterocycles. The Morgan fingerprint density at radius 1 is 1.04 bits per heavy atom. The van der Waals surface area contributed by atoms with Gasteiger partial charge in [-0.2, -0.15) is 4.37 Å². The lowest BCUT2D eigenvalue weighted by Crippen LogP contribution is -2.49. The van der Waals surface area contributed by atoms with Gasteiger partial charge < -0.3 is 9.80 Å². The van der Waals surface area contributed by atoms with Crippen LogP contribution < -0.4 is 4.90 Å². The van der Waals surface area contributed by atoms with Crippen LogP contribution in [0.5, 0.6) is 0 Å². The van der Waals surface area contributed by atoms with Gasteiger partial charge in [-0.3, -0.25) is 9.78 Å². The van der Waals surface area contributed by atoms with Crippen LogP contribution in [-0.4, -0.2) is 46.3 Å². The van der Waals surface area contributed by atoms with Crippen molar-refractivity contribution in [2.24, 2.45) is 0 Å². The number of pyridine rings is 1. The average molecular weight is 324 g/mol. The summed E-state index contributed by atoms with van der Waals surface area (Å²) >= 11 is 1.53. The van der Waals surface area contributed by atoms with E-state index in [0.717, 1.165) is 18.9 Å². The molecule has 0 unspecified atom stereocenters. The SMILES string of the molecule is O=C(c1cccnc1)N1CCN(c2nsc3ccccc23)CC1. The first-order chi connectivity index (χ1) is 11.3. The molecule has 1 saturated heterocycles. The van der Waals surface area contributed by atoms with E-state index in [-0.39, 0.29) is 5.91 Å². The summed E-state index contributed by atoms with van der Waals surface area (Å²) in [5.41, 5.74) is 0.653. The Morgan fingerprint density at radius 3 is 2.65 bits per heavy atom. The number of carbonyl (C=O) groups is 1. The summed E-state index contributed by atoms with van der Waals surface area (Å²) in [5.74, 6) is 1.10. The maximum absolute atomic E-state index is 12.5. The summed E-state index contributed by atoms with van der Waals surface area (Å²) in [6.45, 7) is 3.03. The van der Waals surface area contributed by atoms with E-state index in [4.69, 9.17) is 0 Å². The van der Waals surface area contributed by atoms with Crippen LogP contribution in [0.4, 0.5) is 5.82 Å². The molecule has 116 valence electrons. The zero-order valence-corrected chi connectivity index (χ0v) is 13.4. The molecule has 1 amide bonds. The minimum atomic E-state index is 0.0564. The number of amides is 1. The largest absolute Gasteiger partial charge is 0.352 e. The van der Waals surface area contributed by atoms with E-state index in [9.17, 15) is 4.79 Å². The number of aromatic nitrogens is 2. The van der Waals surface area contributed by atoms with Crippen LogP contribution in [0, 0.1) is 0 Å². The molecule has 0 N–H and O–H groups in total. The minimum absolute atomic E-state index is 0.0564. The maximum Gasteiger partial charge on any atom is 0.255 e. The third-order valence-electron chi connectivity index (χ3n) is 4.13. The first-order valence-corrected chi connectivity index (χ1v) is 8.39. The second-order valence-electron chi connectivity index (χ2n) is 5.52. The van der Waals surface area contributed by atoms with Crippen molar-refractivity contribution in [3.8, 4) is 0 Å². The van der Waals surface area contributed by atoms with Gasteiger partial charge in [-0.1, -0.05) is 12.1 Å². The number of carbonyl (C=O) groups excluding carboxylic acids is 1. The zero-order chi connectivity index (χ0) is 15.6. The van der Waals surface area contributed by atoms with Crippen molar-refractivity contribution in [3.05, 3.63) is 54.4 Å². The first kappa shape index (κ1) is 14.1. The van der Waals surface area contributed by atoms with Crippen molar-refractivity contribution in [1.29, 1.82) is 0 Å². The van der Waals surface area contributed by atoms with Crippen LogP contribution in [0.25, 0.3) is 10.1 Å². The highest BCUT2D eigenvalue weighted by Crippen LogP contribution is 2.29. The lowest BCUT2D eigenvalue weighted by Gasteiger charge is -2.35. The first-order valence-electron chi connectivity index (χ1n) is 7.61. The highest BCUT2D eigenvalue weighted by Gasteiger charge is 2.24. The van der Waals surface area contributed by atoms with E-state index >= 15 is 0 Å². The molecule has 1 fully saturated rings. The van der Waals surface area contributed by atoms with Crippen LogP contribution in [0.3, 0.4) is 0 Å². The highest BCUT2D eigenvalue weighted by molar-refractivity contribution is 7.13. The Kier molecular flexibility index (Phi) is 3.67. The fourth-order valence-corrected chi connectivity index (χ4v) is 3.69. The summed E-state index contributed by atoms with van der Waals surface area (Å²) < 4.78 is 5.81. The molecule has 0 radical (unpaired) electrons. The molecule has 1 aliphatic rings. The van der Waals surface area contributed by atoms with Gasteiger partial charge in [0.25, 0.3) is 5.91 Å². The molecule has 0 aliphatic carbocycles. The van der Waals surface area contributed by atoms with Gasteiger partial charge >= 0.3 is 0 Å². The Balaban J connectivity index is 1.48. The van der Waals surface area contributed by atoms with Gasteiger partial charge in [-0.05, 0) is 35.8 Å². The Bertz CT molecular complexity index is 825. The summed E-state index contributed by atoms with van der Waals surface area (Å²) in [6, 6.07) is 11.9. The number of nitrogens with zero attached hydrogens (tertiary/aromatic N) is 4. The summed E-state index contributed by atoms with van der Waals surface area (Å²) in [5, 5.41) is 1.20. The van der Waals surface area contributed by atoms with E-state index in [2.05, 4.69) is 26.4 Å². The molecule has 3 aromatic rings. The number of fused-ring (bicyclic) bond motifs is 1. The Hall–Kier alpha value is -2.47. The van der Waals surface area contributed by atoms with Crippen molar-refractivity contribution in [2.45, 2.75) is 0 Å². The highest BCUT2D eigenvalue weighted by atomic mass is 32.1. The fourth-order valence-electron chi connectivity index (χ4n) is 2.89. The number of anilines is 1. The molecule has 0 saturated carbocycles. The maximum atomic E-state index is 12.5. The molecule has 0 spiro atoms. The van der Waals surface area contributed by atoms with Crippen LogP contribution in [0.2, 0.25) is 0 Å². The van der Waals surface area contributed by atoms with E-state index in [1.165, 1.54) is 21.6 Å². The van der Waals surface area contributed by atoms with Gasteiger partial charge in [0.2, 0.25) is 0 Å². The monoisotopic (exact) mass is 324 g/mol. The van der Waals surface area contributed by atoms with Gasteiger partial charge in [-0.25, -0.2) is 0 Å². The third kappa shape index (κ3) is 2.66. The Morgan fingerprint density at radius 2 is 1.87 bits per heavy atom. The van der Waals surface area contributed by atoms with Crippen molar-refractivity contribution >= 4 is 33.3 Å². The van der Waals surface area contributed by atoms with E-state index in [1.807, 2.05) is 23.1 Å². The van der Waals surface area contributed by atoms with Gasteiger partial charge in [0.1, 0.15) is 5.82 Å². The molecular formula is C17H16N4OS. The number of hydrogen-bond donors (Lipinski definition) is 0. The summed E-state index contributed by atoms with van der Waals surface area (Å²) in [6.07, 6.45) is 3.31. The second-order valence-corrected chi connectivity index (χ2v) is 6.33. The van der Waals surface area contributed by atoms with Crippen LogP contribution in [0.1, 0.15) is 10.4 Å². The molecule has 4 rings (SSSR count). The number of piperazine rings is 1. The van der Waals surface area contributed by atoms with E-state index in [1.54, 1.807) is 18.5 Å². The zero-order valence-electron chi connectivity index (χ0n) is 12.6. The molecule has 3 heterocycles. The molecule has 6 heteroatoms. The molecular weight excluding hydrogens is 308 g/mol. The van der Waals surface area contributed by atoms with Crippen LogP contribution in [0.15, 0.2) is 48.8 Å². The normalized spacial score (nSPS) is 15.1.